The zero-order valence-corrected chi connectivity index (χ0v) is 16.1. The Morgan fingerprint density at radius 1 is 1.08 bits per heavy atom. The normalized spacial score (nSPS) is 11.4. The van der Waals surface area contributed by atoms with Crippen molar-refractivity contribution in [1.82, 2.24) is 0 Å². The van der Waals surface area contributed by atoms with E-state index in [1.54, 1.807) is 18.2 Å². The Labute approximate surface area is 154 Å². The lowest BCUT2D eigenvalue weighted by atomic mass is 10.1. The second kappa shape index (κ2) is 8.45. The molecule has 0 aliphatic carbocycles. The molecule has 0 bridgehead atoms. The number of ether oxygens (including phenoxy) is 1. The van der Waals surface area contributed by atoms with Crippen molar-refractivity contribution in [2.24, 2.45) is 5.92 Å². The number of rotatable bonds is 8. The molecule has 2 aromatic carbocycles. The maximum Gasteiger partial charge on any atom is 0.265 e. The van der Waals surface area contributed by atoms with Gasteiger partial charge in [-0.3, -0.25) is 4.72 Å². The molecule has 0 saturated carbocycles. The summed E-state index contributed by atoms with van der Waals surface area (Å²) in [5, 5.41) is 3.63. The van der Waals surface area contributed by atoms with E-state index < -0.39 is 10.0 Å². The number of methoxy groups -OCH3 is 1. The van der Waals surface area contributed by atoms with Crippen LogP contribution in [0.25, 0.3) is 0 Å². The molecule has 0 amide bonds. The van der Waals surface area contributed by atoms with Gasteiger partial charge in [0.05, 0.1) is 7.11 Å². The molecule has 0 radical (unpaired) electrons. The predicted octanol–water partition coefficient (Wildman–Crippen LogP) is 4.61. The summed E-state index contributed by atoms with van der Waals surface area (Å²) in [7, 11) is -2.38. The number of sulfonamides is 1. The summed E-state index contributed by atoms with van der Waals surface area (Å²) < 4.78 is 32.9. The quantitative estimate of drug-likeness (QED) is 0.699. The Kier molecular flexibility index (Phi) is 6.56. The van der Waals surface area contributed by atoms with Gasteiger partial charge in [-0.1, -0.05) is 25.4 Å². The van der Waals surface area contributed by atoms with Gasteiger partial charge >= 0.3 is 0 Å². The van der Waals surface area contributed by atoms with Crippen molar-refractivity contribution in [2.45, 2.75) is 25.2 Å². The van der Waals surface area contributed by atoms with Gasteiger partial charge in [0.25, 0.3) is 10.0 Å². The fourth-order valence-electron chi connectivity index (χ4n) is 2.23. The molecule has 0 aliphatic rings. The Bertz CT molecular complexity index is 806. The van der Waals surface area contributed by atoms with E-state index in [0.717, 1.165) is 18.7 Å². The highest BCUT2D eigenvalue weighted by molar-refractivity contribution is 7.92. The second-order valence-corrected chi connectivity index (χ2v) is 8.17. The molecular weight excluding hydrogens is 360 g/mol. The van der Waals surface area contributed by atoms with E-state index in [1.165, 1.54) is 19.2 Å². The maximum absolute atomic E-state index is 12.6. The minimum atomic E-state index is -3.80. The number of halogens is 1. The lowest BCUT2D eigenvalue weighted by Gasteiger charge is -2.13. The van der Waals surface area contributed by atoms with Crippen molar-refractivity contribution in [3.8, 4) is 5.75 Å². The molecule has 7 heteroatoms. The van der Waals surface area contributed by atoms with Crippen molar-refractivity contribution in [2.75, 3.05) is 23.7 Å². The first-order chi connectivity index (χ1) is 11.8. The number of hydrogen-bond acceptors (Lipinski definition) is 4. The van der Waals surface area contributed by atoms with Gasteiger partial charge in [-0.2, -0.15) is 0 Å². The summed E-state index contributed by atoms with van der Waals surface area (Å²) in [5.41, 5.74) is 1.42. The predicted molar refractivity (Wildman–Crippen MR) is 103 cm³/mol. The Hall–Kier alpha value is -1.92. The molecule has 5 nitrogen and oxygen atoms in total. The van der Waals surface area contributed by atoms with Gasteiger partial charge in [0.2, 0.25) is 0 Å². The maximum atomic E-state index is 12.6. The van der Waals surface area contributed by atoms with Gasteiger partial charge in [-0.25, -0.2) is 8.42 Å². The topological polar surface area (TPSA) is 67.4 Å². The van der Waals surface area contributed by atoms with E-state index >= 15 is 0 Å². The number of benzene rings is 2. The fourth-order valence-corrected chi connectivity index (χ4v) is 3.72. The minimum Gasteiger partial charge on any atom is -0.495 e. The monoisotopic (exact) mass is 382 g/mol. The van der Waals surface area contributed by atoms with Crippen LogP contribution in [0.1, 0.15) is 20.3 Å². The highest BCUT2D eigenvalue weighted by Crippen LogP contribution is 2.29. The molecule has 2 N–H and O–H groups in total. The Morgan fingerprint density at radius 3 is 2.32 bits per heavy atom. The molecule has 0 spiro atoms. The minimum absolute atomic E-state index is 0.00151. The first-order valence-corrected chi connectivity index (χ1v) is 9.88. The second-order valence-electron chi connectivity index (χ2n) is 6.09. The van der Waals surface area contributed by atoms with Crippen molar-refractivity contribution >= 4 is 33.0 Å². The van der Waals surface area contributed by atoms with Crippen molar-refractivity contribution < 1.29 is 13.2 Å². The largest absolute Gasteiger partial charge is 0.495 e. The van der Waals surface area contributed by atoms with Gasteiger partial charge in [-0.15, -0.1) is 0 Å². The van der Waals surface area contributed by atoms with Crippen LogP contribution in [0.4, 0.5) is 11.4 Å². The van der Waals surface area contributed by atoms with Crippen LogP contribution in [-0.4, -0.2) is 22.1 Å². The Balaban J connectivity index is 2.12. The third-order valence-corrected chi connectivity index (χ3v) is 5.24. The van der Waals surface area contributed by atoms with Crippen LogP contribution < -0.4 is 14.8 Å². The number of anilines is 2. The van der Waals surface area contributed by atoms with Gasteiger partial charge in [0.15, 0.2) is 0 Å². The summed E-state index contributed by atoms with van der Waals surface area (Å²) in [5.74, 6) is 0.870. The van der Waals surface area contributed by atoms with Gasteiger partial charge in [0.1, 0.15) is 10.6 Å². The van der Waals surface area contributed by atoms with Gasteiger partial charge < -0.3 is 10.1 Å². The van der Waals surface area contributed by atoms with E-state index in [-0.39, 0.29) is 10.6 Å². The lowest BCUT2D eigenvalue weighted by Crippen LogP contribution is -2.14. The highest BCUT2D eigenvalue weighted by Gasteiger charge is 2.20. The molecule has 2 rings (SSSR count). The zero-order valence-electron chi connectivity index (χ0n) is 14.5. The van der Waals surface area contributed by atoms with E-state index in [0.29, 0.717) is 16.6 Å². The highest BCUT2D eigenvalue weighted by atomic mass is 35.5. The molecule has 0 aromatic heterocycles. The standard InChI is InChI=1S/C18H23ClN2O3S/c1-13(2)10-11-20-15-5-7-16(8-6-15)21-25(22,23)18-12-14(19)4-9-17(18)24-3/h4-9,12-13,20-21H,10-11H2,1-3H3. The van der Waals surface area contributed by atoms with Gasteiger partial charge in [0, 0.05) is 22.9 Å². The average molecular weight is 383 g/mol. The summed E-state index contributed by atoms with van der Waals surface area (Å²) in [4.78, 5) is 0.00151. The Morgan fingerprint density at radius 2 is 1.72 bits per heavy atom. The van der Waals surface area contributed by atoms with E-state index in [9.17, 15) is 8.42 Å². The molecule has 0 aliphatic heterocycles. The molecule has 0 saturated heterocycles. The molecule has 0 fully saturated rings. The molecule has 136 valence electrons. The van der Waals surface area contributed by atoms with Crippen LogP contribution in [0.5, 0.6) is 5.75 Å². The summed E-state index contributed by atoms with van der Waals surface area (Å²) >= 11 is 5.92. The number of hydrogen-bond donors (Lipinski definition) is 2. The third kappa shape index (κ3) is 5.54. The molecule has 0 atom stereocenters. The first-order valence-electron chi connectivity index (χ1n) is 8.02. The summed E-state index contributed by atoms with van der Waals surface area (Å²) in [6.07, 6.45) is 1.07. The SMILES string of the molecule is COc1ccc(Cl)cc1S(=O)(=O)Nc1ccc(NCCC(C)C)cc1. The molecule has 0 heterocycles. The van der Waals surface area contributed by atoms with Crippen molar-refractivity contribution in [1.29, 1.82) is 0 Å². The van der Waals surface area contributed by atoms with Crippen LogP contribution in [0.15, 0.2) is 47.4 Å². The van der Waals surface area contributed by atoms with E-state index in [1.807, 2.05) is 12.1 Å². The first kappa shape index (κ1) is 19.4. The van der Waals surface area contributed by atoms with Crippen LogP contribution >= 0.6 is 11.6 Å². The molecule has 0 unspecified atom stereocenters. The molecule has 2 aromatic rings. The van der Waals surface area contributed by atoms with E-state index in [2.05, 4.69) is 23.9 Å². The average Bonchev–Trinajstić information content (AvgIpc) is 2.56. The molecular formula is C18H23ClN2O3S. The van der Waals surface area contributed by atoms with Crippen LogP contribution in [-0.2, 0) is 10.0 Å². The summed E-state index contributed by atoms with van der Waals surface area (Å²) in [6, 6.07) is 11.6. The van der Waals surface area contributed by atoms with Gasteiger partial charge in [-0.05, 0) is 54.8 Å². The van der Waals surface area contributed by atoms with Crippen LogP contribution in [0, 0.1) is 5.92 Å². The molecule has 25 heavy (non-hydrogen) atoms. The fraction of sp³-hybridized carbons (Fsp3) is 0.333. The van der Waals surface area contributed by atoms with Crippen LogP contribution in [0.3, 0.4) is 0 Å². The smallest absolute Gasteiger partial charge is 0.265 e. The van der Waals surface area contributed by atoms with Crippen molar-refractivity contribution in [3.05, 3.63) is 47.5 Å². The van der Waals surface area contributed by atoms with Crippen LogP contribution in [0.2, 0.25) is 5.02 Å². The zero-order chi connectivity index (χ0) is 18.4. The third-order valence-electron chi connectivity index (χ3n) is 3.60. The number of nitrogens with one attached hydrogen (secondary N) is 2. The van der Waals surface area contributed by atoms with E-state index in [4.69, 9.17) is 16.3 Å². The van der Waals surface area contributed by atoms with Crippen molar-refractivity contribution in [3.63, 3.8) is 0 Å². The lowest BCUT2D eigenvalue weighted by molar-refractivity contribution is 0.403. The summed E-state index contributed by atoms with van der Waals surface area (Å²) in [6.45, 7) is 5.22.